The maximum atomic E-state index is 11.0. The van der Waals surface area contributed by atoms with E-state index in [1.165, 1.54) is 6.07 Å². The van der Waals surface area contributed by atoms with Crippen molar-refractivity contribution >= 4 is 5.97 Å². The second-order valence-corrected chi connectivity index (χ2v) is 3.85. The van der Waals surface area contributed by atoms with E-state index in [0.29, 0.717) is 24.6 Å². The molecule has 1 N–H and O–H groups in total. The summed E-state index contributed by atoms with van der Waals surface area (Å²) in [6, 6.07) is 12.0. The molecule has 96 valence electrons. The Bertz CT molecular complexity index is 626. The molecule has 0 radical (unpaired) electrons. The molecule has 2 rings (SSSR count). The first-order valence-electron chi connectivity index (χ1n) is 5.72. The van der Waals surface area contributed by atoms with Gasteiger partial charge in [0.2, 0.25) is 0 Å². The normalized spacial score (nSPS) is 9.84. The van der Waals surface area contributed by atoms with Gasteiger partial charge < -0.3 is 14.4 Å². The van der Waals surface area contributed by atoms with Crippen LogP contribution in [0.1, 0.15) is 16.1 Å². The summed E-state index contributed by atoms with van der Waals surface area (Å²) in [7, 11) is 0. The van der Waals surface area contributed by atoms with Gasteiger partial charge in [0.1, 0.15) is 29.7 Å². The fraction of sp³-hybridized carbons (Fsp3) is 0.143. The van der Waals surface area contributed by atoms with Crippen molar-refractivity contribution in [2.24, 2.45) is 0 Å². The number of nitrogens with zero attached hydrogens (tertiary/aromatic N) is 2. The lowest BCUT2D eigenvalue weighted by atomic mass is 10.2. The molecule has 0 bridgehead atoms. The fourth-order valence-electron chi connectivity index (χ4n) is 1.73. The Balaban J connectivity index is 2.01. The van der Waals surface area contributed by atoms with Crippen molar-refractivity contribution in [2.75, 3.05) is 6.61 Å². The highest BCUT2D eigenvalue weighted by Gasteiger charge is 2.09. The molecule has 0 unspecified atom stereocenters. The first-order valence-corrected chi connectivity index (χ1v) is 5.72. The van der Waals surface area contributed by atoms with Crippen LogP contribution in [0.25, 0.3) is 0 Å². The number of para-hydroxylation sites is 1. The topological polar surface area (TPSA) is 75.2 Å². The van der Waals surface area contributed by atoms with Crippen LogP contribution in [0.15, 0.2) is 42.6 Å². The van der Waals surface area contributed by atoms with Crippen LogP contribution in [-0.4, -0.2) is 22.2 Å². The number of nitriles is 1. The van der Waals surface area contributed by atoms with Gasteiger partial charge in [-0.15, -0.1) is 0 Å². The molecule has 1 heterocycles. The molecule has 0 aliphatic rings. The maximum absolute atomic E-state index is 11.0. The van der Waals surface area contributed by atoms with Crippen molar-refractivity contribution in [3.05, 3.63) is 53.9 Å². The zero-order valence-electron chi connectivity index (χ0n) is 10.1. The zero-order chi connectivity index (χ0) is 13.7. The lowest BCUT2D eigenvalue weighted by Gasteiger charge is -2.10. The predicted molar refractivity (Wildman–Crippen MR) is 68.0 cm³/mol. The number of benzene rings is 1. The molecule has 1 aromatic heterocycles. The van der Waals surface area contributed by atoms with E-state index < -0.39 is 5.97 Å². The van der Waals surface area contributed by atoms with Gasteiger partial charge in [0.15, 0.2) is 0 Å². The third-order valence-corrected chi connectivity index (χ3v) is 2.65. The first kappa shape index (κ1) is 12.7. The van der Waals surface area contributed by atoms with E-state index in [2.05, 4.69) is 6.07 Å². The minimum Gasteiger partial charge on any atom is -0.491 e. The number of carboxylic acid groups (broad SMARTS) is 1. The van der Waals surface area contributed by atoms with Crippen LogP contribution >= 0.6 is 0 Å². The Morgan fingerprint density at radius 3 is 2.84 bits per heavy atom. The fourth-order valence-corrected chi connectivity index (χ4v) is 1.73. The van der Waals surface area contributed by atoms with Gasteiger partial charge >= 0.3 is 5.97 Å². The number of aromatic nitrogens is 1. The summed E-state index contributed by atoms with van der Waals surface area (Å²) in [5.74, 6) is -0.685. The molecule has 0 saturated heterocycles. The summed E-state index contributed by atoms with van der Waals surface area (Å²) < 4.78 is 7.21. The van der Waals surface area contributed by atoms with E-state index in [-0.39, 0.29) is 5.56 Å². The van der Waals surface area contributed by atoms with Crippen LogP contribution in [0.2, 0.25) is 0 Å². The molecular weight excluding hydrogens is 244 g/mol. The number of ether oxygens (including phenoxy) is 1. The van der Waals surface area contributed by atoms with Gasteiger partial charge in [-0.1, -0.05) is 12.1 Å². The van der Waals surface area contributed by atoms with Crippen LogP contribution in [0.5, 0.6) is 5.75 Å². The van der Waals surface area contributed by atoms with Crippen molar-refractivity contribution in [2.45, 2.75) is 6.54 Å². The third-order valence-electron chi connectivity index (χ3n) is 2.65. The maximum Gasteiger partial charge on any atom is 0.339 e. The van der Waals surface area contributed by atoms with Crippen LogP contribution in [-0.2, 0) is 6.54 Å². The SMILES string of the molecule is N#Cc1cccn1CCOc1ccccc1C(=O)O. The molecule has 1 aromatic carbocycles. The Morgan fingerprint density at radius 1 is 1.32 bits per heavy atom. The second-order valence-electron chi connectivity index (χ2n) is 3.85. The molecule has 0 spiro atoms. The van der Waals surface area contributed by atoms with Gasteiger partial charge in [-0.05, 0) is 24.3 Å². The van der Waals surface area contributed by atoms with Crippen LogP contribution < -0.4 is 4.74 Å². The van der Waals surface area contributed by atoms with Crippen molar-refractivity contribution in [1.29, 1.82) is 5.26 Å². The van der Waals surface area contributed by atoms with E-state index in [1.54, 1.807) is 41.1 Å². The number of carbonyl (C=O) groups is 1. The standard InChI is InChI=1S/C14H12N2O3/c15-10-11-4-3-7-16(11)8-9-19-13-6-2-1-5-12(13)14(17)18/h1-7H,8-9H2,(H,17,18). The lowest BCUT2D eigenvalue weighted by molar-refractivity contribution is 0.0692. The largest absolute Gasteiger partial charge is 0.491 e. The van der Waals surface area contributed by atoms with Gasteiger partial charge in [-0.3, -0.25) is 0 Å². The molecule has 5 heteroatoms. The van der Waals surface area contributed by atoms with Crippen molar-refractivity contribution in [3.8, 4) is 11.8 Å². The Hall–Kier alpha value is -2.74. The molecule has 0 fully saturated rings. The van der Waals surface area contributed by atoms with Crippen LogP contribution in [0.4, 0.5) is 0 Å². The van der Waals surface area contributed by atoms with Crippen LogP contribution in [0.3, 0.4) is 0 Å². The van der Waals surface area contributed by atoms with E-state index in [4.69, 9.17) is 15.1 Å². The molecule has 0 aliphatic heterocycles. The monoisotopic (exact) mass is 256 g/mol. The highest BCUT2D eigenvalue weighted by atomic mass is 16.5. The molecule has 0 saturated carbocycles. The first-order chi connectivity index (χ1) is 9.22. The highest BCUT2D eigenvalue weighted by Crippen LogP contribution is 2.17. The number of hydrogen-bond donors (Lipinski definition) is 1. The number of rotatable bonds is 5. The Morgan fingerprint density at radius 2 is 2.11 bits per heavy atom. The minimum absolute atomic E-state index is 0.135. The number of hydrogen-bond acceptors (Lipinski definition) is 3. The highest BCUT2D eigenvalue weighted by molar-refractivity contribution is 5.90. The average molecular weight is 256 g/mol. The van der Waals surface area contributed by atoms with E-state index in [9.17, 15) is 4.79 Å². The van der Waals surface area contributed by atoms with Gasteiger partial charge in [0, 0.05) is 6.20 Å². The van der Waals surface area contributed by atoms with Crippen molar-refractivity contribution < 1.29 is 14.6 Å². The van der Waals surface area contributed by atoms with Gasteiger partial charge in [0.25, 0.3) is 0 Å². The molecule has 0 atom stereocenters. The average Bonchev–Trinajstić information content (AvgIpc) is 2.86. The minimum atomic E-state index is -1.02. The Labute approximate surface area is 110 Å². The molecular formula is C14H12N2O3. The number of carboxylic acids is 1. The molecule has 0 aliphatic carbocycles. The van der Waals surface area contributed by atoms with Crippen LogP contribution in [0, 0.1) is 11.3 Å². The summed E-state index contributed by atoms with van der Waals surface area (Å²) in [5.41, 5.74) is 0.686. The summed E-state index contributed by atoms with van der Waals surface area (Å²) in [4.78, 5) is 11.0. The summed E-state index contributed by atoms with van der Waals surface area (Å²) in [6.45, 7) is 0.789. The molecule has 2 aromatic rings. The van der Waals surface area contributed by atoms with Gasteiger partial charge in [0.05, 0.1) is 6.54 Å². The van der Waals surface area contributed by atoms with E-state index >= 15 is 0 Å². The lowest BCUT2D eigenvalue weighted by Crippen LogP contribution is -2.10. The Kier molecular flexibility index (Phi) is 3.84. The summed E-state index contributed by atoms with van der Waals surface area (Å²) >= 11 is 0. The second kappa shape index (κ2) is 5.74. The van der Waals surface area contributed by atoms with Gasteiger partial charge in [-0.2, -0.15) is 5.26 Å². The molecule has 0 amide bonds. The zero-order valence-corrected chi connectivity index (χ0v) is 10.1. The number of aromatic carboxylic acids is 1. The van der Waals surface area contributed by atoms with Gasteiger partial charge in [-0.25, -0.2) is 4.79 Å². The molecule has 5 nitrogen and oxygen atoms in total. The predicted octanol–water partition coefficient (Wildman–Crippen LogP) is 2.14. The summed E-state index contributed by atoms with van der Waals surface area (Å²) in [5, 5.41) is 17.9. The van der Waals surface area contributed by atoms with Crippen molar-refractivity contribution in [1.82, 2.24) is 4.57 Å². The van der Waals surface area contributed by atoms with E-state index in [1.807, 2.05) is 0 Å². The van der Waals surface area contributed by atoms with Crippen molar-refractivity contribution in [3.63, 3.8) is 0 Å². The quantitative estimate of drug-likeness (QED) is 0.889. The summed E-state index contributed by atoms with van der Waals surface area (Å²) in [6.07, 6.45) is 1.78. The van der Waals surface area contributed by atoms with E-state index in [0.717, 1.165) is 0 Å². The smallest absolute Gasteiger partial charge is 0.339 e. The molecule has 19 heavy (non-hydrogen) atoms. The third kappa shape index (κ3) is 2.93.